The van der Waals surface area contributed by atoms with Gasteiger partial charge in [-0.15, -0.1) is 0 Å². The van der Waals surface area contributed by atoms with Gasteiger partial charge in [0.1, 0.15) is 0 Å². The largest absolute Gasteiger partial charge is 0.352 e. The standard InChI is InChI=1S/C18H28N2O/c1-14-7-9-15(10-8-14)13-20-18(21)17-6-4-3-5-16(17)11-12-19-2/h3-6,14-15,19H,7-13H2,1-2H3,(H,20,21). The van der Waals surface area contributed by atoms with Crippen molar-refractivity contribution in [3.8, 4) is 0 Å². The normalized spacial score (nSPS) is 22.0. The average molecular weight is 288 g/mol. The Labute approximate surface area is 128 Å². The van der Waals surface area contributed by atoms with E-state index in [1.807, 2.05) is 25.2 Å². The van der Waals surface area contributed by atoms with Gasteiger partial charge in [0.2, 0.25) is 0 Å². The summed E-state index contributed by atoms with van der Waals surface area (Å²) in [6.07, 6.45) is 6.01. The topological polar surface area (TPSA) is 41.1 Å². The number of hydrogen-bond acceptors (Lipinski definition) is 2. The zero-order chi connectivity index (χ0) is 15.1. The zero-order valence-electron chi connectivity index (χ0n) is 13.3. The number of amides is 1. The van der Waals surface area contributed by atoms with Crippen molar-refractivity contribution < 1.29 is 4.79 Å². The summed E-state index contributed by atoms with van der Waals surface area (Å²) in [4.78, 5) is 12.4. The van der Waals surface area contributed by atoms with Crippen molar-refractivity contribution in [2.75, 3.05) is 20.1 Å². The van der Waals surface area contributed by atoms with Crippen molar-refractivity contribution >= 4 is 5.91 Å². The monoisotopic (exact) mass is 288 g/mol. The smallest absolute Gasteiger partial charge is 0.251 e. The highest BCUT2D eigenvalue weighted by Crippen LogP contribution is 2.27. The molecule has 1 aliphatic rings. The first-order valence-corrected chi connectivity index (χ1v) is 8.21. The maximum absolute atomic E-state index is 12.4. The Kier molecular flexibility index (Phi) is 6.24. The first-order chi connectivity index (χ1) is 10.2. The third-order valence-corrected chi connectivity index (χ3v) is 4.59. The van der Waals surface area contributed by atoms with E-state index in [-0.39, 0.29) is 5.91 Å². The van der Waals surface area contributed by atoms with Crippen LogP contribution in [0.1, 0.15) is 48.5 Å². The van der Waals surface area contributed by atoms with Crippen LogP contribution in [-0.4, -0.2) is 26.0 Å². The van der Waals surface area contributed by atoms with Crippen LogP contribution in [0.2, 0.25) is 0 Å². The summed E-state index contributed by atoms with van der Waals surface area (Å²) < 4.78 is 0. The molecule has 1 aromatic rings. The van der Waals surface area contributed by atoms with Crippen LogP contribution in [-0.2, 0) is 6.42 Å². The van der Waals surface area contributed by atoms with Gasteiger partial charge in [-0.2, -0.15) is 0 Å². The molecule has 1 amide bonds. The zero-order valence-corrected chi connectivity index (χ0v) is 13.3. The molecular formula is C18H28N2O. The third-order valence-electron chi connectivity index (χ3n) is 4.59. The van der Waals surface area contributed by atoms with Crippen LogP contribution >= 0.6 is 0 Å². The van der Waals surface area contributed by atoms with Gasteiger partial charge in [-0.1, -0.05) is 38.0 Å². The lowest BCUT2D eigenvalue weighted by Gasteiger charge is -2.26. The molecule has 0 saturated heterocycles. The number of likely N-dealkylation sites (N-methyl/N-ethyl adjacent to an activating group) is 1. The third kappa shape index (κ3) is 4.85. The minimum absolute atomic E-state index is 0.0836. The van der Waals surface area contributed by atoms with Crippen LogP contribution in [0, 0.1) is 11.8 Å². The van der Waals surface area contributed by atoms with Crippen LogP contribution in [0.4, 0.5) is 0 Å². The van der Waals surface area contributed by atoms with Gasteiger partial charge in [-0.3, -0.25) is 4.79 Å². The molecule has 0 radical (unpaired) electrons. The van der Waals surface area contributed by atoms with E-state index in [1.54, 1.807) is 0 Å². The Hall–Kier alpha value is -1.35. The molecule has 1 aromatic carbocycles. The van der Waals surface area contributed by atoms with E-state index >= 15 is 0 Å². The molecule has 0 aliphatic heterocycles. The second kappa shape index (κ2) is 8.18. The van der Waals surface area contributed by atoms with Crippen LogP contribution < -0.4 is 10.6 Å². The van der Waals surface area contributed by atoms with E-state index in [4.69, 9.17) is 0 Å². The molecule has 0 unspecified atom stereocenters. The fourth-order valence-electron chi connectivity index (χ4n) is 3.08. The van der Waals surface area contributed by atoms with Crippen LogP contribution in [0.5, 0.6) is 0 Å². The minimum Gasteiger partial charge on any atom is -0.352 e. The lowest BCUT2D eigenvalue weighted by Crippen LogP contribution is -2.31. The van der Waals surface area contributed by atoms with Gasteiger partial charge in [0.25, 0.3) is 5.91 Å². The second-order valence-electron chi connectivity index (χ2n) is 6.35. The Balaban J connectivity index is 1.88. The maximum Gasteiger partial charge on any atom is 0.251 e. The van der Waals surface area contributed by atoms with Crippen molar-refractivity contribution in [2.24, 2.45) is 11.8 Å². The van der Waals surface area contributed by atoms with Gasteiger partial charge in [-0.25, -0.2) is 0 Å². The first-order valence-electron chi connectivity index (χ1n) is 8.21. The lowest BCUT2D eigenvalue weighted by atomic mass is 9.83. The predicted molar refractivity (Wildman–Crippen MR) is 87.5 cm³/mol. The van der Waals surface area contributed by atoms with E-state index in [0.29, 0.717) is 5.92 Å². The Morgan fingerprint density at radius 1 is 1.19 bits per heavy atom. The van der Waals surface area contributed by atoms with Gasteiger partial charge < -0.3 is 10.6 Å². The van der Waals surface area contributed by atoms with E-state index < -0.39 is 0 Å². The molecule has 116 valence electrons. The molecule has 3 heteroatoms. The van der Waals surface area contributed by atoms with Gasteiger partial charge >= 0.3 is 0 Å². The average Bonchev–Trinajstić information content (AvgIpc) is 2.52. The molecule has 1 aliphatic carbocycles. The Bertz CT molecular complexity index is 450. The highest BCUT2D eigenvalue weighted by molar-refractivity contribution is 5.95. The summed E-state index contributed by atoms with van der Waals surface area (Å²) in [5, 5.41) is 6.28. The van der Waals surface area contributed by atoms with Crippen molar-refractivity contribution in [3.05, 3.63) is 35.4 Å². The summed E-state index contributed by atoms with van der Waals surface area (Å²) in [6, 6.07) is 7.93. The van der Waals surface area contributed by atoms with Gasteiger partial charge in [-0.05, 0) is 56.3 Å². The number of nitrogens with one attached hydrogen (secondary N) is 2. The van der Waals surface area contributed by atoms with Gasteiger partial charge in [0.15, 0.2) is 0 Å². The second-order valence-corrected chi connectivity index (χ2v) is 6.35. The molecule has 21 heavy (non-hydrogen) atoms. The summed E-state index contributed by atoms with van der Waals surface area (Å²) >= 11 is 0. The van der Waals surface area contributed by atoms with Crippen LogP contribution in [0.3, 0.4) is 0 Å². The number of benzene rings is 1. The fourth-order valence-corrected chi connectivity index (χ4v) is 3.08. The molecule has 2 N–H and O–H groups in total. The molecule has 0 spiro atoms. The summed E-state index contributed by atoms with van der Waals surface area (Å²) in [5.74, 6) is 1.61. The van der Waals surface area contributed by atoms with Crippen molar-refractivity contribution in [1.82, 2.24) is 10.6 Å². The molecule has 0 heterocycles. The number of carbonyl (C=O) groups is 1. The van der Waals surface area contributed by atoms with Crippen molar-refractivity contribution in [3.63, 3.8) is 0 Å². The van der Waals surface area contributed by atoms with Crippen molar-refractivity contribution in [1.29, 1.82) is 0 Å². The fraction of sp³-hybridized carbons (Fsp3) is 0.611. The number of carbonyl (C=O) groups excluding carboxylic acids is 1. The maximum atomic E-state index is 12.4. The summed E-state index contributed by atoms with van der Waals surface area (Å²) in [7, 11) is 1.94. The van der Waals surface area contributed by atoms with E-state index in [1.165, 1.54) is 25.7 Å². The molecule has 0 bridgehead atoms. The molecule has 0 aromatic heterocycles. The minimum atomic E-state index is 0.0836. The molecule has 0 atom stereocenters. The first kappa shape index (κ1) is 16.0. The van der Waals surface area contributed by atoms with E-state index in [2.05, 4.69) is 23.6 Å². The molecule has 3 nitrogen and oxygen atoms in total. The van der Waals surface area contributed by atoms with E-state index in [9.17, 15) is 4.79 Å². The molecule has 2 rings (SSSR count). The molecule has 1 saturated carbocycles. The lowest BCUT2D eigenvalue weighted by molar-refractivity contribution is 0.0941. The summed E-state index contributed by atoms with van der Waals surface area (Å²) in [6.45, 7) is 4.05. The van der Waals surface area contributed by atoms with E-state index in [0.717, 1.165) is 36.6 Å². The van der Waals surface area contributed by atoms with Crippen LogP contribution in [0.15, 0.2) is 24.3 Å². The Morgan fingerprint density at radius 2 is 1.90 bits per heavy atom. The van der Waals surface area contributed by atoms with Crippen LogP contribution in [0.25, 0.3) is 0 Å². The number of hydrogen-bond donors (Lipinski definition) is 2. The predicted octanol–water partition coefficient (Wildman–Crippen LogP) is 3.00. The quantitative estimate of drug-likeness (QED) is 0.845. The highest BCUT2D eigenvalue weighted by atomic mass is 16.1. The molecular weight excluding hydrogens is 260 g/mol. The number of rotatable bonds is 6. The highest BCUT2D eigenvalue weighted by Gasteiger charge is 2.19. The SMILES string of the molecule is CNCCc1ccccc1C(=O)NCC1CCC(C)CC1. The van der Waals surface area contributed by atoms with Crippen molar-refractivity contribution in [2.45, 2.75) is 39.0 Å². The summed E-state index contributed by atoms with van der Waals surface area (Å²) in [5.41, 5.74) is 1.96. The Morgan fingerprint density at radius 3 is 2.62 bits per heavy atom. The molecule has 1 fully saturated rings. The van der Waals surface area contributed by atoms with Gasteiger partial charge in [0.05, 0.1) is 0 Å². The van der Waals surface area contributed by atoms with Gasteiger partial charge in [0, 0.05) is 12.1 Å².